The van der Waals surface area contributed by atoms with E-state index in [9.17, 15) is 12.6 Å². The molecule has 0 saturated heterocycles. The van der Waals surface area contributed by atoms with Crippen LogP contribution in [0.3, 0.4) is 0 Å². The number of benzene rings is 3. The lowest BCUT2D eigenvalue weighted by Gasteiger charge is -2.24. The Morgan fingerprint density at radius 3 is 1.64 bits per heavy atom. The molecular weight excluding hydrogens is 392 g/mol. The monoisotopic (exact) mass is 414 g/mol. The quantitative estimate of drug-likeness (QED) is 0.614. The molecule has 1 atom stereocenters. The summed E-state index contributed by atoms with van der Waals surface area (Å²) >= 11 is 0. The number of para-hydroxylation sites is 1. The van der Waals surface area contributed by atoms with Crippen LogP contribution in [-0.2, 0) is 19.9 Å². The van der Waals surface area contributed by atoms with Gasteiger partial charge in [0.15, 0.2) is 9.92 Å². The number of hydrogen-bond donors (Lipinski definition) is 0. The SMILES string of the molecule is Cc1ccc(S(=O)(=O)N=[S@](=O)(c2ccc(C)cc2)N(C)c2ccccc2)cc1. The van der Waals surface area contributed by atoms with Crippen LogP contribution in [0.4, 0.5) is 5.69 Å². The van der Waals surface area contributed by atoms with Gasteiger partial charge < -0.3 is 0 Å². The highest BCUT2D eigenvalue weighted by Crippen LogP contribution is 2.27. The molecule has 0 heterocycles. The average molecular weight is 415 g/mol. The Morgan fingerprint density at radius 2 is 1.14 bits per heavy atom. The maximum atomic E-state index is 14.0. The summed E-state index contributed by atoms with van der Waals surface area (Å²) in [6.07, 6.45) is 0. The molecule has 0 amide bonds. The minimum atomic E-state index is -4.14. The van der Waals surface area contributed by atoms with Gasteiger partial charge in [-0.05, 0) is 50.2 Å². The largest absolute Gasteiger partial charge is 0.291 e. The predicted molar refractivity (Wildman–Crippen MR) is 113 cm³/mol. The first-order chi connectivity index (χ1) is 13.2. The van der Waals surface area contributed by atoms with Gasteiger partial charge in [-0.2, -0.15) is 8.42 Å². The number of rotatable bonds is 5. The Balaban J connectivity index is 2.24. The van der Waals surface area contributed by atoms with E-state index in [0.717, 1.165) is 11.1 Å². The minimum absolute atomic E-state index is 0.0133. The average Bonchev–Trinajstić information content (AvgIpc) is 2.68. The Labute approximate surface area is 167 Å². The third kappa shape index (κ3) is 4.10. The molecule has 0 aliphatic heterocycles. The second kappa shape index (κ2) is 7.77. The summed E-state index contributed by atoms with van der Waals surface area (Å²) in [5, 5.41) is 0. The Hall–Kier alpha value is -2.64. The first kappa shape index (κ1) is 20.1. The van der Waals surface area contributed by atoms with Crippen LogP contribution in [0.15, 0.2) is 92.4 Å². The molecule has 0 spiro atoms. The van der Waals surface area contributed by atoms with Gasteiger partial charge in [-0.3, -0.25) is 4.31 Å². The summed E-state index contributed by atoms with van der Waals surface area (Å²) < 4.78 is 45.3. The Bertz CT molecular complexity index is 1180. The lowest BCUT2D eigenvalue weighted by Crippen LogP contribution is -2.27. The minimum Gasteiger partial charge on any atom is -0.284 e. The van der Waals surface area contributed by atoms with Crippen LogP contribution in [0.5, 0.6) is 0 Å². The van der Waals surface area contributed by atoms with Crippen LogP contribution >= 0.6 is 0 Å². The van der Waals surface area contributed by atoms with Gasteiger partial charge in [-0.1, -0.05) is 57.4 Å². The van der Waals surface area contributed by atoms with Crippen molar-refractivity contribution in [3.8, 4) is 0 Å². The molecule has 0 bridgehead atoms. The van der Waals surface area contributed by atoms with Gasteiger partial charge in [-0.15, -0.1) is 0 Å². The topological polar surface area (TPSA) is 66.8 Å². The highest BCUT2D eigenvalue weighted by atomic mass is 32.3. The molecule has 0 fully saturated rings. The summed E-state index contributed by atoms with van der Waals surface area (Å²) in [6, 6.07) is 22.2. The zero-order valence-corrected chi connectivity index (χ0v) is 17.6. The van der Waals surface area contributed by atoms with Crippen molar-refractivity contribution in [2.45, 2.75) is 23.6 Å². The van der Waals surface area contributed by atoms with E-state index in [0.29, 0.717) is 10.6 Å². The van der Waals surface area contributed by atoms with Gasteiger partial charge in [0.25, 0.3) is 10.0 Å². The number of nitrogens with zero attached hydrogens (tertiary/aromatic N) is 2. The summed E-state index contributed by atoms with van der Waals surface area (Å²) in [5.74, 6) is 0. The van der Waals surface area contributed by atoms with Crippen LogP contribution in [0.2, 0.25) is 0 Å². The van der Waals surface area contributed by atoms with E-state index in [4.69, 9.17) is 0 Å². The molecule has 3 rings (SSSR count). The maximum Gasteiger partial charge on any atom is 0.291 e. The second-order valence-corrected chi connectivity index (χ2v) is 10.5. The van der Waals surface area contributed by atoms with Gasteiger partial charge in [0.1, 0.15) is 0 Å². The van der Waals surface area contributed by atoms with E-state index in [2.05, 4.69) is 3.77 Å². The first-order valence-electron chi connectivity index (χ1n) is 8.68. The zero-order chi connectivity index (χ0) is 20.4. The van der Waals surface area contributed by atoms with E-state index < -0.39 is 19.9 Å². The van der Waals surface area contributed by atoms with Crippen LogP contribution in [-0.4, -0.2) is 19.7 Å². The number of aryl methyl sites for hydroxylation is 2. The van der Waals surface area contributed by atoms with Crippen molar-refractivity contribution in [1.29, 1.82) is 0 Å². The molecule has 5 nitrogen and oxygen atoms in total. The molecule has 0 unspecified atom stereocenters. The van der Waals surface area contributed by atoms with E-state index in [1.165, 1.54) is 16.4 Å². The van der Waals surface area contributed by atoms with Gasteiger partial charge >= 0.3 is 0 Å². The fourth-order valence-corrected chi connectivity index (χ4v) is 6.48. The summed E-state index contributed by atoms with van der Waals surface area (Å²) in [6.45, 7) is 3.78. The van der Waals surface area contributed by atoms with E-state index >= 15 is 0 Å². The highest BCUT2D eigenvalue weighted by Gasteiger charge is 2.25. The van der Waals surface area contributed by atoms with Crippen molar-refractivity contribution in [2.24, 2.45) is 3.77 Å². The molecule has 146 valence electrons. The smallest absolute Gasteiger partial charge is 0.284 e. The molecule has 0 aliphatic rings. The second-order valence-electron chi connectivity index (χ2n) is 6.51. The lowest BCUT2D eigenvalue weighted by molar-refractivity contribution is 0.598. The van der Waals surface area contributed by atoms with Gasteiger partial charge in [0, 0.05) is 7.05 Å². The van der Waals surface area contributed by atoms with Crippen LogP contribution in [0.1, 0.15) is 11.1 Å². The zero-order valence-electron chi connectivity index (χ0n) is 15.9. The third-order valence-corrected chi connectivity index (χ3v) is 8.64. The van der Waals surface area contributed by atoms with Crippen LogP contribution in [0, 0.1) is 13.8 Å². The molecule has 3 aromatic rings. The molecule has 0 radical (unpaired) electrons. The van der Waals surface area contributed by atoms with Crippen LogP contribution < -0.4 is 4.31 Å². The molecule has 0 N–H and O–H groups in total. The Kier molecular flexibility index (Phi) is 5.58. The van der Waals surface area contributed by atoms with E-state index in [1.54, 1.807) is 67.7 Å². The van der Waals surface area contributed by atoms with Gasteiger partial charge in [-0.25, -0.2) is 4.21 Å². The summed E-state index contributed by atoms with van der Waals surface area (Å²) in [5.41, 5.74) is 2.52. The normalized spacial score (nSPS) is 13.5. The van der Waals surface area contributed by atoms with Gasteiger partial charge in [0.2, 0.25) is 0 Å². The van der Waals surface area contributed by atoms with Gasteiger partial charge in [0.05, 0.1) is 15.5 Å². The third-order valence-electron chi connectivity index (χ3n) is 4.34. The molecule has 28 heavy (non-hydrogen) atoms. The maximum absolute atomic E-state index is 14.0. The number of sulfonamides is 1. The van der Waals surface area contributed by atoms with Crippen LogP contribution in [0.25, 0.3) is 0 Å². The van der Waals surface area contributed by atoms with E-state index in [-0.39, 0.29) is 4.90 Å². The van der Waals surface area contributed by atoms with Crippen molar-refractivity contribution in [3.05, 3.63) is 90.0 Å². The lowest BCUT2D eigenvalue weighted by atomic mass is 10.2. The molecule has 0 saturated carbocycles. The fourth-order valence-electron chi connectivity index (χ4n) is 2.63. The van der Waals surface area contributed by atoms with Crippen molar-refractivity contribution in [1.82, 2.24) is 0 Å². The van der Waals surface area contributed by atoms with Crippen molar-refractivity contribution < 1.29 is 12.6 Å². The predicted octanol–water partition coefficient (Wildman–Crippen LogP) is 4.57. The number of hydrogen-bond acceptors (Lipinski definition) is 3. The molecule has 7 heteroatoms. The molecular formula is C21H22N2O3S2. The van der Waals surface area contributed by atoms with Crippen molar-refractivity contribution in [3.63, 3.8) is 0 Å². The molecule has 0 aromatic heterocycles. The van der Waals surface area contributed by atoms with Crippen molar-refractivity contribution >= 4 is 25.6 Å². The molecule has 3 aromatic carbocycles. The van der Waals surface area contributed by atoms with Crippen molar-refractivity contribution in [2.75, 3.05) is 11.4 Å². The summed E-state index contributed by atoms with van der Waals surface area (Å²) in [7, 11) is -6.01. The first-order valence-corrected chi connectivity index (χ1v) is 11.6. The van der Waals surface area contributed by atoms with E-state index in [1.807, 2.05) is 19.9 Å². The molecule has 0 aliphatic carbocycles. The standard InChI is InChI=1S/C21H22N2O3S2/c1-17-9-13-20(14-10-17)27(24,23(3)19-7-5-4-6-8-19)22-28(25,26)21-15-11-18(2)12-16-21/h4-16H,1-3H3/t27-/m1/s1. The fraction of sp³-hybridized carbons (Fsp3) is 0.143. The number of anilines is 1. The summed E-state index contributed by atoms with van der Waals surface area (Å²) in [4.78, 5) is 0.347. The highest BCUT2D eigenvalue weighted by molar-refractivity contribution is 8.04. The Morgan fingerprint density at radius 1 is 0.679 bits per heavy atom.